The summed E-state index contributed by atoms with van der Waals surface area (Å²) >= 11 is 5.04. The zero-order valence-corrected chi connectivity index (χ0v) is 22.2. The van der Waals surface area contributed by atoms with Gasteiger partial charge >= 0.3 is 5.63 Å². The summed E-state index contributed by atoms with van der Waals surface area (Å²) in [6, 6.07) is 20.9. The smallest absolute Gasteiger partial charge is 0.349 e. The summed E-state index contributed by atoms with van der Waals surface area (Å²) in [4.78, 5) is 24.6. The number of ether oxygens (including phenoxy) is 1. The van der Waals surface area contributed by atoms with Crippen LogP contribution in [0.1, 0.15) is 15.9 Å². The number of halogens is 1. The fourth-order valence-corrected chi connectivity index (χ4v) is 4.42. The molecule has 0 bridgehead atoms. The molecule has 1 aromatic heterocycles. The molecule has 0 atom stereocenters. The van der Waals surface area contributed by atoms with Crippen molar-refractivity contribution < 1.29 is 13.9 Å². The number of aryl methyl sites for hydroxylation is 1. The molecule has 1 amide bonds. The number of nitrogens with two attached hydrogens (primary N) is 2. The summed E-state index contributed by atoms with van der Waals surface area (Å²) in [5, 5.41) is 3.72. The number of anilines is 2. The molecule has 188 valence electrons. The van der Waals surface area contributed by atoms with Crippen LogP contribution in [0, 0.1) is 6.92 Å². The number of primary amides is 1. The van der Waals surface area contributed by atoms with Gasteiger partial charge in [-0.15, -0.1) is 0 Å². The van der Waals surface area contributed by atoms with Gasteiger partial charge in [0.05, 0.1) is 11.4 Å². The molecule has 0 aliphatic rings. The molecule has 4 aromatic rings. The summed E-state index contributed by atoms with van der Waals surface area (Å²) < 4.78 is 15.0. The fraction of sp³-hybridized carbons (Fsp3) is 0.154. The second-order valence-electron chi connectivity index (χ2n) is 7.51. The molecule has 0 saturated carbocycles. The van der Waals surface area contributed by atoms with Gasteiger partial charge in [0.15, 0.2) is 0 Å². The Morgan fingerprint density at radius 3 is 2.47 bits per heavy atom. The maximum Gasteiger partial charge on any atom is 0.349 e. The Morgan fingerprint density at radius 2 is 1.81 bits per heavy atom. The first-order valence-corrected chi connectivity index (χ1v) is 12.6. The van der Waals surface area contributed by atoms with E-state index in [-0.39, 0.29) is 5.56 Å². The van der Waals surface area contributed by atoms with E-state index >= 15 is 0 Å². The molecule has 0 radical (unpaired) electrons. The van der Waals surface area contributed by atoms with Crippen molar-refractivity contribution in [1.82, 2.24) is 4.72 Å². The Hall–Kier alpha value is -3.47. The maximum absolute atomic E-state index is 12.0. The van der Waals surface area contributed by atoms with Gasteiger partial charge in [-0.1, -0.05) is 30.3 Å². The number of fused-ring (bicyclic) bond motifs is 1. The van der Waals surface area contributed by atoms with Crippen molar-refractivity contribution >= 4 is 56.1 Å². The summed E-state index contributed by atoms with van der Waals surface area (Å²) in [5.41, 5.74) is 12.3. The third kappa shape index (κ3) is 7.03. The summed E-state index contributed by atoms with van der Waals surface area (Å²) in [6.07, 6.45) is 0. The number of hydrogen-bond donors (Lipinski definition) is 4. The third-order valence-corrected chi connectivity index (χ3v) is 6.80. The van der Waals surface area contributed by atoms with Crippen molar-refractivity contribution in [2.24, 2.45) is 5.73 Å². The van der Waals surface area contributed by atoms with Crippen LogP contribution in [0.5, 0.6) is 5.75 Å². The van der Waals surface area contributed by atoms with Crippen LogP contribution < -0.4 is 31.9 Å². The van der Waals surface area contributed by atoms with E-state index in [1.54, 1.807) is 31.0 Å². The van der Waals surface area contributed by atoms with Crippen LogP contribution in [-0.4, -0.2) is 26.1 Å². The molecule has 1 heterocycles. The lowest BCUT2D eigenvalue weighted by molar-refractivity contribution is 0.0996. The predicted molar refractivity (Wildman–Crippen MR) is 150 cm³/mol. The van der Waals surface area contributed by atoms with E-state index in [0.29, 0.717) is 41.1 Å². The van der Waals surface area contributed by atoms with Crippen LogP contribution in [-0.2, 0) is 0 Å². The predicted octanol–water partition coefficient (Wildman–Crippen LogP) is 4.95. The molecule has 10 heteroatoms. The Kier molecular flexibility index (Phi) is 9.80. The van der Waals surface area contributed by atoms with Crippen molar-refractivity contribution in [3.63, 3.8) is 0 Å². The molecule has 8 nitrogen and oxygen atoms in total. The molecule has 0 aliphatic carbocycles. The van der Waals surface area contributed by atoms with Crippen LogP contribution in [0.4, 0.5) is 11.4 Å². The number of nitrogen functional groups attached to an aromatic ring is 1. The normalized spacial score (nSPS) is 10.4. The molecule has 0 unspecified atom stereocenters. The van der Waals surface area contributed by atoms with Gasteiger partial charge in [-0.2, -0.15) is 0 Å². The number of nitrogens with one attached hydrogen (secondary N) is 2. The Balaban J connectivity index is 0.000000303. The van der Waals surface area contributed by atoms with Gasteiger partial charge in [0.2, 0.25) is 0 Å². The Labute approximate surface area is 221 Å². The number of para-hydroxylation sites is 1. The molecule has 3 aromatic carbocycles. The van der Waals surface area contributed by atoms with E-state index in [1.807, 2.05) is 55.6 Å². The minimum Gasteiger partial charge on any atom is -0.492 e. The number of rotatable bonds is 8. The number of benzene rings is 3. The lowest BCUT2D eigenvalue weighted by atomic mass is 10.0. The van der Waals surface area contributed by atoms with Crippen LogP contribution in [0.2, 0.25) is 0 Å². The van der Waals surface area contributed by atoms with Crippen LogP contribution >= 0.6 is 27.9 Å². The first-order valence-electron chi connectivity index (χ1n) is 11.0. The Bertz CT molecular complexity index is 1400. The van der Waals surface area contributed by atoms with E-state index in [1.165, 1.54) is 4.90 Å². The monoisotopic (exact) mass is 570 g/mol. The summed E-state index contributed by atoms with van der Waals surface area (Å²) in [5.74, 6) is -0.0432. The average molecular weight is 571 g/mol. The highest BCUT2D eigenvalue weighted by molar-refractivity contribution is 9.10. The van der Waals surface area contributed by atoms with Crippen LogP contribution in [0.3, 0.4) is 0 Å². The molecule has 6 N–H and O–H groups in total. The minimum atomic E-state index is -0.822. The largest absolute Gasteiger partial charge is 0.492 e. The first-order chi connectivity index (χ1) is 17.3. The zero-order valence-electron chi connectivity index (χ0n) is 19.8. The lowest BCUT2D eigenvalue weighted by Gasteiger charge is -2.12. The molecular formula is C26H27BrN4O4S. The van der Waals surface area contributed by atoms with Gasteiger partial charge in [0.25, 0.3) is 5.91 Å². The van der Waals surface area contributed by atoms with Crippen molar-refractivity contribution in [1.29, 1.82) is 0 Å². The summed E-state index contributed by atoms with van der Waals surface area (Å²) in [6.45, 7) is 2.58. The average Bonchev–Trinajstić information content (AvgIpc) is 2.85. The van der Waals surface area contributed by atoms with E-state index in [2.05, 4.69) is 32.0 Å². The van der Waals surface area contributed by atoms with Gasteiger partial charge in [-0.25, -0.2) is 4.79 Å². The highest BCUT2D eigenvalue weighted by atomic mass is 79.9. The number of carbonyl (C=O) groups excluding carboxylic acids is 1. The van der Waals surface area contributed by atoms with Gasteiger partial charge in [0.1, 0.15) is 23.5 Å². The highest BCUT2D eigenvalue weighted by Gasteiger charge is 2.17. The second-order valence-corrected chi connectivity index (χ2v) is 9.42. The molecule has 0 aliphatic heterocycles. The molecule has 0 saturated heterocycles. The number of carbonyl (C=O) groups is 1. The molecule has 0 fully saturated rings. The van der Waals surface area contributed by atoms with Gasteiger partial charge in [-0.05, 0) is 77.7 Å². The van der Waals surface area contributed by atoms with Crippen molar-refractivity contribution in [3.8, 4) is 5.75 Å². The van der Waals surface area contributed by atoms with Crippen molar-refractivity contribution in [2.45, 2.75) is 11.8 Å². The molecule has 36 heavy (non-hydrogen) atoms. The van der Waals surface area contributed by atoms with Crippen LogP contribution in [0.25, 0.3) is 11.0 Å². The van der Waals surface area contributed by atoms with Gasteiger partial charge in [-0.3, -0.25) is 9.52 Å². The number of hydrogen-bond acceptors (Lipinski definition) is 8. The van der Waals surface area contributed by atoms with Gasteiger partial charge < -0.3 is 25.9 Å². The lowest BCUT2D eigenvalue weighted by Crippen LogP contribution is -2.23. The fourth-order valence-electron chi connectivity index (χ4n) is 3.36. The highest BCUT2D eigenvalue weighted by Crippen LogP contribution is 2.28. The topological polar surface area (TPSA) is 133 Å². The third-order valence-electron chi connectivity index (χ3n) is 5.06. The van der Waals surface area contributed by atoms with E-state index < -0.39 is 11.5 Å². The molecular weight excluding hydrogens is 544 g/mol. The summed E-state index contributed by atoms with van der Waals surface area (Å²) in [7, 11) is 1.91. The zero-order chi connectivity index (χ0) is 26.1. The SMILES string of the molecule is CNSc1ccccc1Br.Cc1c(C(N)=O)c(=O)oc2cc(NCCOc3ccccc3)c(N)cc12. The van der Waals surface area contributed by atoms with E-state index in [0.717, 1.165) is 10.2 Å². The van der Waals surface area contributed by atoms with Gasteiger partial charge in [0, 0.05) is 27.4 Å². The molecule has 4 rings (SSSR count). The maximum atomic E-state index is 12.0. The first kappa shape index (κ1) is 27.1. The van der Waals surface area contributed by atoms with E-state index in [4.69, 9.17) is 20.6 Å². The standard InChI is InChI=1S/C19H19N3O4.C7H8BrNS/c1-11-13-9-14(20)15(10-16(13)26-19(24)17(11)18(21)23)22-7-8-25-12-5-3-2-4-6-12;1-9-10-7-5-3-2-4-6(7)8/h2-6,9-10,22H,7-8,20H2,1H3,(H2,21,23);2-5,9H,1H3. The Morgan fingerprint density at radius 1 is 1.11 bits per heavy atom. The van der Waals surface area contributed by atoms with Crippen molar-refractivity contribution in [2.75, 3.05) is 31.2 Å². The molecule has 0 spiro atoms. The van der Waals surface area contributed by atoms with Crippen LogP contribution in [0.15, 0.2) is 85.3 Å². The van der Waals surface area contributed by atoms with Crippen molar-refractivity contribution in [3.05, 3.63) is 92.7 Å². The van der Waals surface area contributed by atoms with E-state index in [9.17, 15) is 9.59 Å². The number of amides is 1. The minimum absolute atomic E-state index is 0.158. The second kappa shape index (κ2) is 13.0. The quantitative estimate of drug-likeness (QED) is 0.101.